The number of esters is 1. The molecule has 2 rings (SSSR count). The van der Waals surface area contributed by atoms with Crippen LogP contribution in [0.3, 0.4) is 0 Å². The summed E-state index contributed by atoms with van der Waals surface area (Å²) >= 11 is 0. The van der Waals surface area contributed by atoms with Crippen molar-refractivity contribution in [1.29, 1.82) is 0 Å². The van der Waals surface area contributed by atoms with Crippen LogP contribution in [0.25, 0.3) is 6.08 Å². The van der Waals surface area contributed by atoms with Crippen LogP contribution in [0, 0.1) is 5.92 Å². The van der Waals surface area contributed by atoms with Crippen LogP contribution in [0.5, 0.6) is 0 Å². The van der Waals surface area contributed by atoms with E-state index in [9.17, 15) is 9.59 Å². The average Bonchev–Trinajstić information content (AvgIpc) is 3.16. The number of carbonyl (C=O) groups excluding carboxylic acids is 2. The van der Waals surface area contributed by atoms with Gasteiger partial charge in [0.15, 0.2) is 0 Å². The summed E-state index contributed by atoms with van der Waals surface area (Å²) in [5.41, 5.74) is 3.44. The smallest absolute Gasteiger partial charge is 0.323 e. The normalized spacial score (nSPS) is 16.0. The molecule has 1 aliphatic rings. The lowest BCUT2D eigenvalue weighted by Crippen LogP contribution is -2.40. The Balaban J connectivity index is 1.90. The van der Waals surface area contributed by atoms with Gasteiger partial charge in [-0.25, -0.2) is 5.48 Å². The van der Waals surface area contributed by atoms with E-state index in [0.29, 0.717) is 12.5 Å². The highest BCUT2D eigenvalue weighted by molar-refractivity contribution is 5.90. The van der Waals surface area contributed by atoms with E-state index in [0.717, 1.165) is 43.2 Å². The topological polar surface area (TPSA) is 87.7 Å². The largest absolute Gasteiger partial charge is 0.461 e. The van der Waals surface area contributed by atoms with Crippen LogP contribution in [0.15, 0.2) is 30.3 Å². The minimum Gasteiger partial charge on any atom is -0.461 e. The van der Waals surface area contributed by atoms with Gasteiger partial charge in [-0.2, -0.15) is 0 Å². The number of amides is 1. The van der Waals surface area contributed by atoms with Crippen molar-refractivity contribution in [1.82, 2.24) is 10.8 Å². The van der Waals surface area contributed by atoms with E-state index in [1.54, 1.807) is 11.6 Å². The van der Waals surface area contributed by atoms with Crippen molar-refractivity contribution in [3.63, 3.8) is 0 Å². The Kier molecular flexibility index (Phi) is 8.48. The molecule has 148 valence electrons. The van der Waals surface area contributed by atoms with Crippen molar-refractivity contribution >= 4 is 18.0 Å². The fraction of sp³-hybridized carbons (Fsp3) is 0.524. The van der Waals surface area contributed by atoms with Crippen molar-refractivity contribution in [3.8, 4) is 0 Å². The number of rotatable bonds is 9. The Labute approximate surface area is 160 Å². The van der Waals surface area contributed by atoms with Crippen LogP contribution in [0.2, 0.25) is 0 Å². The maximum absolute atomic E-state index is 12.5. The molecule has 3 N–H and O–H groups in total. The molecule has 0 spiro atoms. The number of nitrogens with one attached hydrogen (secondary N) is 2. The lowest BCUT2D eigenvalue weighted by molar-refractivity contribution is -0.151. The minimum atomic E-state index is -0.571. The summed E-state index contributed by atoms with van der Waals surface area (Å²) in [6.45, 7) is 4.76. The summed E-state index contributed by atoms with van der Waals surface area (Å²) in [5.74, 6) is -0.327. The van der Waals surface area contributed by atoms with E-state index < -0.39 is 5.91 Å². The van der Waals surface area contributed by atoms with E-state index in [4.69, 9.17) is 9.94 Å². The van der Waals surface area contributed by atoms with Gasteiger partial charge in [0.25, 0.3) is 5.91 Å². The first-order valence-electron chi connectivity index (χ1n) is 9.63. The van der Waals surface area contributed by atoms with E-state index in [-0.39, 0.29) is 18.1 Å². The monoisotopic (exact) mass is 374 g/mol. The third-order valence-corrected chi connectivity index (χ3v) is 4.65. The van der Waals surface area contributed by atoms with Crippen LogP contribution in [0.4, 0.5) is 0 Å². The average molecular weight is 374 g/mol. The molecular formula is C21H30N2O4. The molecule has 27 heavy (non-hydrogen) atoms. The van der Waals surface area contributed by atoms with Crippen molar-refractivity contribution in [2.75, 3.05) is 0 Å². The van der Waals surface area contributed by atoms with Gasteiger partial charge in [-0.1, -0.05) is 38.1 Å². The molecule has 0 heterocycles. The van der Waals surface area contributed by atoms with Gasteiger partial charge in [0, 0.05) is 12.6 Å². The lowest BCUT2D eigenvalue weighted by atomic mass is 10.0. The fourth-order valence-corrected chi connectivity index (χ4v) is 3.18. The predicted molar refractivity (Wildman–Crippen MR) is 104 cm³/mol. The Morgan fingerprint density at radius 3 is 2.48 bits per heavy atom. The summed E-state index contributed by atoms with van der Waals surface area (Å²) in [6, 6.07) is 7.34. The summed E-state index contributed by atoms with van der Waals surface area (Å²) in [6.07, 6.45) is 7.92. The second-order valence-electron chi connectivity index (χ2n) is 7.46. The molecule has 1 aliphatic carbocycles. The first-order valence-corrected chi connectivity index (χ1v) is 9.63. The number of benzene rings is 1. The van der Waals surface area contributed by atoms with Crippen molar-refractivity contribution < 1.29 is 19.5 Å². The van der Waals surface area contributed by atoms with Gasteiger partial charge in [0.2, 0.25) is 0 Å². The molecule has 0 aliphatic heterocycles. The Morgan fingerprint density at radius 2 is 1.89 bits per heavy atom. The van der Waals surface area contributed by atoms with Crippen LogP contribution >= 0.6 is 0 Å². The molecule has 0 saturated heterocycles. The summed E-state index contributed by atoms with van der Waals surface area (Å²) in [5, 5.41) is 11.8. The van der Waals surface area contributed by atoms with Gasteiger partial charge in [-0.15, -0.1) is 0 Å². The zero-order valence-electron chi connectivity index (χ0n) is 16.1. The lowest BCUT2D eigenvalue weighted by Gasteiger charge is -2.22. The van der Waals surface area contributed by atoms with Crippen molar-refractivity contribution in [2.24, 2.45) is 5.92 Å². The van der Waals surface area contributed by atoms with Crippen molar-refractivity contribution in [2.45, 2.75) is 64.6 Å². The molecule has 1 aromatic rings. The predicted octanol–water partition coefficient (Wildman–Crippen LogP) is 3.20. The Bertz CT molecular complexity index is 634. The zero-order valence-corrected chi connectivity index (χ0v) is 16.1. The molecule has 1 aromatic carbocycles. The maximum atomic E-state index is 12.5. The summed E-state index contributed by atoms with van der Waals surface area (Å²) < 4.78 is 5.68. The molecule has 0 aromatic heterocycles. The van der Waals surface area contributed by atoms with E-state index in [1.807, 2.05) is 24.3 Å². The maximum Gasteiger partial charge on any atom is 0.323 e. The Hall–Kier alpha value is -2.18. The molecular weight excluding hydrogens is 344 g/mol. The second-order valence-corrected chi connectivity index (χ2v) is 7.46. The second kappa shape index (κ2) is 10.8. The Morgan fingerprint density at radius 1 is 1.22 bits per heavy atom. The first kappa shape index (κ1) is 21.1. The third kappa shape index (κ3) is 7.53. The van der Waals surface area contributed by atoms with Gasteiger partial charge < -0.3 is 10.1 Å². The third-order valence-electron chi connectivity index (χ3n) is 4.65. The quantitative estimate of drug-likeness (QED) is 0.267. The number of carbonyl (C=O) groups is 2. The molecule has 1 saturated carbocycles. The van der Waals surface area contributed by atoms with Gasteiger partial charge >= 0.3 is 5.97 Å². The molecule has 1 fully saturated rings. The highest BCUT2D eigenvalue weighted by Gasteiger charge is 2.25. The molecule has 1 atom stereocenters. The van der Waals surface area contributed by atoms with Gasteiger partial charge in [-0.05, 0) is 55.2 Å². The van der Waals surface area contributed by atoms with E-state index >= 15 is 0 Å². The minimum absolute atomic E-state index is 0.0798. The SMILES string of the molecule is CC(C)C[C@@H](NCc1ccc(C=CC(=O)NO)cc1)C(=O)OC1CCCC1. The van der Waals surface area contributed by atoms with Crippen LogP contribution in [0.1, 0.15) is 57.1 Å². The van der Waals surface area contributed by atoms with Crippen molar-refractivity contribution in [3.05, 3.63) is 41.5 Å². The number of hydroxylamine groups is 1. The van der Waals surface area contributed by atoms with Crippen LogP contribution < -0.4 is 10.8 Å². The van der Waals surface area contributed by atoms with Gasteiger partial charge in [-0.3, -0.25) is 14.8 Å². The fourth-order valence-electron chi connectivity index (χ4n) is 3.18. The zero-order chi connectivity index (χ0) is 19.6. The van der Waals surface area contributed by atoms with Crippen LogP contribution in [-0.4, -0.2) is 29.2 Å². The number of ether oxygens (including phenoxy) is 1. The van der Waals surface area contributed by atoms with E-state index in [2.05, 4.69) is 19.2 Å². The van der Waals surface area contributed by atoms with Gasteiger partial charge in [0.1, 0.15) is 12.1 Å². The molecule has 0 radical (unpaired) electrons. The number of hydrogen-bond donors (Lipinski definition) is 3. The highest BCUT2D eigenvalue weighted by Crippen LogP contribution is 2.22. The standard InChI is InChI=1S/C21H30N2O4/c1-15(2)13-19(21(25)27-18-5-3-4-6-18)22-14-17-9-7-16(8-10-17)11-12-20(24)23-26/h7-12,15,18-19,22,26H,3-6,13-14H2,1-2H3,(H,23,24)/t19-/m1/s1. The molecule has 1 amide bonds. The molecule has 6 heteroatoms. The number of hydrogen-bond acceptors (Lipinski definition) is 5. The first-order chi connectivity index (χ1) is 13.0. The highest BCUT2D eigenvalue weighted by atomic mass is 16.5. The molecule has 0 bridgehead atoms. The molecule has 0 unspecified atom stereocenters. The summed E-state index contributed by atoms with van der Waals surface area (Å²) in [4.78, 5) is 23.5. The summed E-state index contributed by atoms with van der Waals surface area (Å²) in [7, 11) is 0. The van der Waals surface area contributed by atoms with E-state index in [1.165, 1.54) is 6.08 Å². The van der Waals surface area contributed by atoms with Gasteiger partial charge in [0.05, 0.1) is 0 Å². The molecule has 6 nitrogen and oxygen atoms in total. The van der Waals surface area contributed by atoms with Crippen LogP contribution in [-0.2, 0) is 20.9 Å².